The van der Waals surface area contributed by atoms with Crippen molar-refractivity contribution in [3.8, 4) is 10.6 Å². The molecule has 2 amide bonds. The number of nitrogens with zero attached hydrogens (tertiary/aromatic N) is 4. The first-order valence-corrected chi connectivity index (χ1v) is 9.05. The molecule has 24 heavy (non-hydrogen) atoms. The average molecular weight is 345 g/mol. The van der Waals surface area contributed by atoms with Crippen molar-refractivity contribution in [2.24, 2.45) is 0 Å². The monoisotopic (exact) mass is 345 g/mol. The van der Waals surface area contributed by atoms with E-state index in [1.807, 2.05) is 24.1 Å². The lowest BCUT2D eigenvalue weighted by Gasteiger charge is -2.24. The normalized spacial score (nSPS) is 17.8. The van der Waals surface area contributed by atoms with Crippen LogP contribution in [0, 0.1) is 0 Å². The van der Waals surface area contributed by atoms with Gasteiger partial charge in [0.1, 0.15) is 5.01 Å². The minimum Gasteiger partial charge on any atom is -0.338 e. The molecule has 7 heteroatoms. The SMILES string of the molecule is CN1CCC(N(C)C(=O)NCCc2csc(-c3ccncc3)n2)C1. The summed E-state index contributed by atoms with van der Waals surface area (Å²) in [6, 6.07) is 4.23. The number of hydrogen-bond donors (Lipinski definition) is 1. The molecule has 6 nitrogen and oxygen atoms in total. The van der Waals surface area contributed by atoms with Crippen molar-refractivity contribution >= 4 is 17.4 Å². The van der Waals surface area contributed by atoms with Gasteiger partial charge in [0.15, 0.2) is 0 Å². The quantitative estimate of drug-likeness (QED) is 0.901. The lowest BCUT2D eigenvalue weighted by Crippen LogP contribution is -2.45. The van der Waals surface area contributed by atoms with Gasteiger partial charge in [-0.15, -0.1) is 11.3 Å². The molecule has 2 aromatic rings. The average Bonchev–Trinajstić information content (AvgIpc) is 3.24. The van der Waals surface area contributed by atoms with E-state index in [0.717, 1.165) is 42.2 Å². The van der Waals surface area contributed by atoms with Crippen LogP contribution >= 0.6 is 11.3 Å². The number of urea groups is 1. The summed E-state index contributed by atoms with van der Waals surface area (Å²) in [5, 5.41) is 6.04. The summed E-state index contributed by atoms with van der Waals surface area (Å²) in [4.78, 5) is 25.0. The third kappa shape index (κ3) is 4.10. The molecule has 2 aromatic heterocycles. The molecule has 1 saturated heterocycles. The number of thiazole rings is 1. The highest BCUT2D eigenvalue weighted by atomic mass is 32.1. The molecule has 1 aliphatic heterocycles. The summed E-state index contributed by atoms with van der Waals surface area (Å²) < 4.78 is 0. The minimum atomic E-state index is -0.000105. The molecule has 1 aliphatic rings. The Morgan fingerprint density at radius 3 is 2.96 bits per heavy atom. The maximum absolute atomic E-state index is 12.2. The fraction of sp³-hybridized carbons (Fsp3) is 0.471. The van der Waals surface area contributed by atoms with Gasteiger partial charge >= 0.3 is 6.03 Å². The molecule has 0 saturated carbocycles. The van der Waals surface area contributed by atoms with Crippen molar-refractivity contribution in [2.75, 3.05) is 33.7 Å². The number of likely N-dealkylation sites (tertiary alicyclic amines) is 1. The molecule has 128 valence electrons. The summed E-state index contributed by atoms with van der Waals surface area (Å²) in [5.41, 5.74) is 2.09. The molecule has 1 atom stereocenters. The molecule has 0 spiro atoms. The molecular weight excluding hydrogens is 322 g/mol. The van der Waals surface area contributed by atoms with Gasteiger partial charge in [-0.1, -0.05) is 0 Å². The number of carbonyl (C=O) groups excluding carboxylic acids is 1. The summed E-state index contributed by atoms with van der Waals surface area (Å²) in [6.07, 6.45) is 5.33. The molecular formula is C17H23N5OS. The van der Waals surface area contributed by atoms with E-state index in [1.54, 1.807) is 23.7 Å². The van der Waals surface area contributed by atoms with E-state index in [4.69, 9.17) is 0 Å². The highest BCUT2D eigenvalue weighted by molar-refractivity contribution is 7.13. The Morgan fingerprint density at radius 1 is 1.46 bits per heavy atom. The van der Waals surface area contributed by atoms with Gasteiger partial charge in [0.2, 0.25) is 0 Å². The number of hydrogen-bond acceptors (Lipinski definition) is 5. The highest BCUT2D eigenvalue weighted by Crippen LogP contribution is 2.22. The maximum Gasteiger partial charge on any atom is 0.317 e. The zero-order valence-corrected chi connectivity index (χ0v) is 14.9. The van der Waals surface area contributed by atoms with E-state index < -0.39 is 0 Å². The van der Waals surface area contributed by atoms with Crippen LogP contribution < -0.4 is 5.32 Å². The smallest absolute Gasteiger partial charge is 0.317 e. The van der Waals surface area contributed by atoms with E-state index in [2.05, 4.69) is 32.6 Å². The second-order valence-corrected chi connectivity index (χ2v) is 7.04. The predicted octanol–water partition coefficient (Wildman–Crippen LogP) is 2.09. The number of likely N-dealkylation sites (N-methyl/N-ethyl adjacent to an activating group) is 2. The van der Waals surface area contributed by atoms with E-state index in [-0.39, 0.29) is 6.03 Å². The fourth-order valence-electron chi connectivity index (χ4n) is 2.86. The van der Waals surface area contributed by atoms with Crippen molar-refractivity contribution in [3.63, 3.8) is 0 Å². The molecule has 1 N–H and O–H groups in total. The molecule has 3 heterocycles. The van der Waals surface area contributed by atoms with Crippen molar-refractivity contribution < 1.29 is 4.79 Å². The zero-order valence-electron chi connectivity index (χ0n) is 14.1. The number of carbonyl (C=O) groups is 1. The van der Waals surface area contributed by atoms with Crippen molar-refractivity contribution in [2.45, 2.75) is 18.9 Å². The minimum absolute atomic E-state index is 0.000105. The van der Waals surface area contributed by atoms with Crippen LogP contribution in [-0.4, -0.2) is 65.6 Å². The van der Waals surface area contributed by atoms with E-state index in [0.29, 0.717) is 12.6 Å². The fourth-order valence-corrected chi connectivity index (χ4v) is 3.73. The van der Waals surface area contributed by atoms with Gasteiger partial charge in [0.25, 0.3) is 0 Å². The molecule has 1 unspecified atom stereocenters. The van der Waals surface area contributed by atoms with E-state index >= 15 is 0 Å². The Hall–Kier alpha value is -1.99. The first kappa shape index (κ1) is 16.9. The number of pyridine rings is 1. The van der Waals surface area contributed by atoms with Gasteiger partial charge in [0, 0.05) is 55.9 Å². The van der Waals surface area contributed by atoms with Crippen LogP contribution in [0.4, 0.5) is 4.79 Å². The van der Waals surface area contributed by atoms with Crippen molar-refractivity contribution in [3.05, 3.63) is 35.6 Å². The van der Waals surface area contributed by atoms with E-state index in [1.165, 1.54) is 0 Å². The predicted molar refractivity (Wildman–Crippen MR) is 96.1 cm³/mol. The Bertz CT molecular complexity index is 675. The van der Waals surface area contributed by atoms with Crippen LogP contribution in [-0.2, 0) is 6.42 Å². The molecule has 0 aliphatic carbocycles. The maximum atomic E-state index is 12.2. The van der Waals surface area contributed by atoms with Gasteiger partial charge in [-0.05, 0) is 32.1 Å². The summed E-state index contributed by atoms with van der Waals surface area (Å²) in [7, 11) is 3.97. The third-order valence-electron chi connectivity index (χ3n) is 4.37. The van der Waals surface area contributed by atoms with Crippen molar-refractivity contribution in [1.82, 2.24) is 25.1 Å². The molecule has 0 bridgehead atoms. The number of nitrogens with one attached hydrogen (secondary N) is 1. The largest absolute Gasteiger partial charge is 0.338 e. The second-order valence-electron chi connectivity index (χ2n) is 6.18. The molecule has 3 rings (SSSR count). The number of aromatic nitrogens is 2. The van der Waals surface area contributed by atoms with Crippen LogP contribution in [0.3, 0.4) is 0 Å². The Kier molecular flexibility index (Phi) is 5.42. The van der Waals surface area contributed by atoms with Gasteiger partial charge < -0.3 is 15.1 Å². The standard InChI is InChI=1S/C17H23N5OS/c1-21-10-6-15(11-21)22(2)17(23)19-9-5-14-12-24-16(20-14)13-3-7-18-8-4-13/h3-4,7-8,12,15H,5-6,9-11H2,1-2H3,(H,19,23). The number of amides is 2. The van der Waals surface area contributed by atoms with Gasteiger partial charge in [0.05, 0.1) is 5.69 Å². The van der Waals surface area contributed by atoms with E-state index in [9.17, 15) is 4.79 Å². The van der Waals surface area contributed by atoms with Crippen LogP contribution in [0.2, 0.25) is 0 Å². The van der Waals surface area contributed by atoms with Crippen LogP contribution in [0.1, 0.15) is 12.1 Å². The Labute approximate surface area is 146 Å². The summed E-state index contributed by atoms with van der Waals surface area (Å²) in [6.45, 7) is 2.61. The van der Waals surface area contributed by atoms with Gasteiger partial charge in [-0.3, -0.25) is 4.98 Å². The zero-order chi connectivity index (χ0) is 16.9. The van der Waals surface area contributed by atoms with Crippen LogP contribution in [0.5, 0.6) is 0 Å². The molecule has 1 fully saturated rings. The third-order valence-corrected chi connectivity index (χ3v) is 5.31. The second kappa shape index (κ2) is 7.72. The number of rotatable bonds is 5. The van der Waals surface area contributed by atoms with Crippen LogP contribution in [0.25, 0.3) is 10.6 Å². The lowest BCUT2D eigenvalue weighted by atomic mass is 10.2. The Balaban J connectivity index is 1.46. The topological polar surface area (TPSA) is 61.4 Å². The first-order chi connectivity index (χ1) is 11.6. The van der Waals surface area contributed by atoms with Crippen LogP contribution in [0.15, 0.2) is 29.9 Å². The molecule has 0 radical (unpaired) electrons. The van der Waals surface area contributed by atoms with Gasteiger partial charge in [-0.2, -0.15) is 0 Å². The Morgan fingerprint density at radius 2 is 2.25 bits per heavy atom. The summed E-state index contributed by atoms with van der Waals surface area (Å²) in [5.74, 6) is 0. The lowest BCUT2D eigenvalue weighted by molar-refractivity contribution is 0.191. The van der Waals surface area contributed by atoms with Crippen molar-refractivity contribution in [1.29, 1.82) is 0 Å². The first-order valence-electron chi connectivity index (χ1n) is 8.17. The summed E-state index contributed by atoms with van der Waals surface area (Å²) >= 11 is 1.62. The highest BCUT2D eigenvalue weighted by Gasteiger charge is 2.26. The van der Waals surface area contributed by atoms with Gasteiger partial charge in [-0.25, -0.2) is 9.78 Å². The molecule has 0 aromatic carbocycles.